The van der Waals surface area contributed by atoms with Crippen molar-refractivity contribution in [1.82, 2.24) is 4.90 Å². The molecular weight excluding hydrogens is 232 g/mol. The van der Waals surface area contributed by atoms with Crippen LogP contribution >= 0.6 is 0 Å². The Bertz CT molecular complexity index is 263. The molecule has 2 unspecified atom stereocenters. The fourth-order valence-corrected chi connectivity index (χ4v) is 2.24. The minimum absolute atomic E-state index is 0.350. The predicted molar refractivity (Wildman–Crippen MR) is 70.3 cm³/mol. The standard InChI is InChI=1S/C13H26N2O3/c1-13(14,12(16)17-3)6-7-15(2)9-11-5-4-8-18-10-11/h11H,4-10,14H2,1-3H3. The number of carbonyl (C=O) groups is 1. The Morgan fingerprint density at radius 1 is 1.61 bits per heavy atom. The number of carbonyl (C=O) groups excluding carboxylic acids is 1. The Kier molecular flexibility index (Phi) is 6.05. The van der Waals surface area contributed by atoms with E-state index in [0.717, 1.165) is 32.7 Å². The van der Waals surface area contributed by atoms with E-state index in [-0.39, 0.29) is 5.97 Å². The van der Waals surface area contributed by atoms with E-state index in [1.165, 1.54) is 13.5 Å². The number of nitrogens with zero attached hydrogens (tertiary/aromatic N) is 1. The van der Waals surface area contributed by atoms with Gasteiger partial charge in [0.15, 0.2) is 0 Å². The molecule has 0 spiro atoms. The van der Waals surface area contributed by atoms with Crippen LogP contribution in [0.3, 0.4) is 0 Å². The van der Waals surface area contributed by atoms with Crippen molar-refractivity contribution in [3.8, 4) is 0 Å². The lowest BCUT2D eigenvalue weighted by Gasteiger charge is -2.29. The maximum atomic E-state index is 11.5. The average Bonchev–Trinajstić information content (AvgIpc) is 2.36. The summed E-state index contributed by atoms with van der Waals surface area (Å²) >= 11 is 0. The molecule has 5 nitrogen and oxygen atoms in total. The zero-order chi connectivity index (χ0) is 13.6. The van der Waals surface area contributed by atoms with Crippen molar-refractivity contribution in [2.45, 2.75) is 31.7 Å². The van der Waals surface area contributed by atoms with Gasteiger partial charge in [-0.25, -0.2) is 0 Å². The van der Waals surface area contributed by atoms with E-state index >= 15 is 0 Å². The minimum atomic E-state index is -0.897. The molecule has 0 amide bonds. The smallest absolute Gasteiger partial charge is 0.325 e. The lowest BCUT2D eigenvalue weighted by Crippen LogP contribution is -2.48. The van der Waals surface area contributed by atoms with E-state index < -0.39 is 5.54 Å². The van der Waals surface area contributed by atoms with Crippen LogP contribution in [0.25, 0.3) is 0 Å². The summed E-state index contributed by atoms with van der Waals surface area (Å²) in [6, 6.07) is 0. The molecule has 1 fully saturated rings. The molecule has 2 N–H and O–H groups in total. The van der Waals surface area contributed by atoms with Gasteiger partial charge in [0, 0.05) is 19.7 Å². The van der Waals surface area contributed by atoms with Gasteiger partial charge in [-0.05, 0) is 39.2 Å². The molecule has 0 radical (unpaired) electrons. The average molecular weight is 258 g/mol. The molecule has 0 bridgehead atoms. The predicted octanol–water partition coefficient (Wildman–Crippen LogP) is 0.625. The van der Waals surface area contributed by atoms with E-state index in [2.05, 4.69) is 11.9 Å². The largest absolute Gasteiger partial charge is 0.468 e. The minimum Gasteiger partial charge on any atom is -0.468 e. The van der Waals surface area contributed by atoms with Crippen molar-refractivity contribution in [2.24, 2.45) is 11.7 Å². The topological polar surface area (TPSA) is 64.8 Å². The maximum absolute atomic E-state index is 11.5. The molecule has 106 valence electrons. The SMILES string of the molecule is COC(=O)C(C)(N)CCN(C)CC1CCCOC1. The summed E-state index contributed by atoms with van der Waals surface area (Å²) in [6.07, 6.45) is 2.97. The van der Waals surface area contributed by atoms with Gasteiger partial charge in [0.25, 0.3) is 0 Å². The van der Waals surface area contributed by atoms with Gasteiger partial charge in [0.1, 0.15) is 5.54 Å². The third kappa shape index (κ3) is 4.92. The molecule has 1 rings (SSSR count). The third-order valence-corrected chi connectivity index (χ3v) is 3.49. The molecule has 1 saturated heterocycles. The van der Waals surface area contributed by atoms with Gasteiger partial charge in [-0.3, -0.25) is 4.79 Å². The highest BCUT2D eigenvalue weighted by Gasteiger charge is 2.29. The van der Waals surface area contributed by atoms with E-state index in [1.54, 1.807) is 6.92 Å². The van der Waals surface area contributed by atoms with E-state index in [4.69, 9.17) is 15.2 Å². The fourth-order valence-electron chi connectivity index (χ4n) is 2.24. The zero-order valence-electron chi connectivity index (χ0n) is 11.8. The molecule has 5 heteroatoms. The second-order valence-electron chi connectivity index (χ2n) is 5.50. The van der Waals surface area contributed by atoms with E-state index in [1.807, 2.05) is 0 Å². The molecule has 1 aliphatic rings. The van der Waals surface area contributed by atoms with Crippen LogP contribution in [0, 0.1) is 5.92 Å². The summed E-state index contributed by atoms with van der Waals surface area (Å²) in [5, 5.41) is 0. The van der Waals surface area contributed by atoms with Crippen molar-refractivity contribution in [1.29, 1.82) is 0 Å². The second-order valence-corrected chi connectivity index (χ2v) is 5.50. The van der Waals surface area contributed by atoms with Crippen LogP contribution in [-0.4, -0.2) is 56.9 Å². The van der Waals surface area contributed by atoms with Gasteiger partial charge in [-0.15, -0.1) is 0 Å². The quantitative estimate of drug-likeness (QED) is 0.708. The molecule has 0 aromatic heterocycles. The van der Waals surface area contributed by atoms with Gasteiger partial charge >= 0.3 is 5.97 Å². The zero-order valence-corrected chi connectivity index (χ0v) is 11.8. The van der Waals surface area contributed by atoms with Gasteiger partial charge in [0.05, 0.1) is 13.7 Å². The molecule has 0 aromatic carbocycles. The molecular formula is C13H26N2O3. The monoisotopic (exact) mass is 258 g/mol. The van der Waals surface area contributed by atoms with E-state index in [9.17, 15) is 4.79 Å². The van der Waals surface area contributed by atoms with Crippen molar-refractivity contribution in [3.63, 3.8) is 0 Å². The normalized spacial score (nSPS) is 23.7. The molecule has 1 heterocycles. The van der Waals surface area contributed by atoms with Crippen LogP contribution < -0.4 is 5.73 Å². The highest BCUT2D eigenvalue weighted by Crippen LogP contribution is 2.15. The summed E-state index contributed by atoms with van der Waals surface area (Å²) in [5.41, 5.74) is 5.03. The summed E-state index contributed by atoms with van der Waals surface area (Å²) in [4.78, 5) is 13.7. The second kappa shape index (κ2) is 7.07. The first kappa shape index (κ1) is 15.4. The Morgan fingerprint density at radius 2 is 2.33 bits per heavy atom. The Balaban J connectivity index is 2.27. The maximum Gasteiger partial charge on any atom is 0.325 e. The first-order valence-corrected chi connectivity index (χ1v) is 6.59. The number of rotatable bonds is 6. The number of esters is 1. The van der Waals surface area contributed by atoms with Gasteiger partial charge in [-0.2, -0.15) is 0 Å². The summed E-state index contributed by atoms with van der Waals surface area (Å²) in [7, 11) is 3.43. The van der Waals surface area contributed by atoms with Gasteiger partial charge < -0.3 is 20.1 Å². The van der Waals surface area contributed by atoms with Crippen LogP contribution in [0.5, 0.6) is 0 Å². The number of methoxy groups -OCH3 is 1. The summed E-state index contributed by atoms with van der Waals surface area (Å²) < 4.78 is 10.2. The molecule has 0 aliphatic carbocycles. The van der Waals surface area contributed by atoms with Crippen LogP contribution in [0.4, 0.5) is 0 Å². The van der Waals surface area contributed by atoms with Crippen molar-refractivity contribution < 1.29 is 14.3 Å². The van der Waals surface area contributed by atoms with Gasteiger partial charge in [-0.1, -0.05) is 0 Å². The number of hydrogen-bond donors (Lipinski definition) is 1. The van der Waals surface area contributed by atoms with E-state index in [0.29, 0.717) is 12.3 Å². The Labute approximate surface area is 110 Å². The third-order valence-electron chi connectivity index (χ3n) is 3.49. The molecule has 18 heavy (non-hydrogen) atoms. The van der Waals surface area contributed by atoms with Crippen molar-refractivity contribution >= 4 is 5.97 Å². The Morgan fingerprint density at radius 3 is 2.89 bits per heavy atom. The number of ether oxygens (including phenoxy) is 2. The van der Waals surface area contributed by atoms with Gasteiger partial charge in [0.2, 0.25) is 0 Å². The highest BCUT2D eigenvalue weighted by molar-refractivity contribution is 5.79. The van der Waals surface area contributed by atoms with Crippen LogP contribution in [0.1, 0.15) is 26.2 Å². The van der Waals surface area contributed by atoms with Crippen LogP contribution in [-0.2, 0) is 14.3 Å². The lowest BCUT2D eigenvalue weighted by molar-refractivity contribution is -0.146. The molecule has 0 saturated carbocycles. The molecule has 1 aliphatic heterocycles. The Hall–Kier alpha value is -0.650. The highest BCUT2D eigenvalue weighted by atomic mass is 16.5. The van der Waals surface area contributed by atoms with Crippen molar-refractivity contribution in [3.05, 3.63) is 0 Å². The molecule has 0 aromatic rings. The first-order chi connectivity index (χ1) is 8.45. The molecule has 2 atom stereocenters. The van der Waals surface area contributed by atoms with Crippen molar-refractivity contribution in [2.75, 3.05) is 40.5 Å². The lowest BCUT2D eigenvalue weighted by atomic mass is 9.98. The summed E-state index contributed by atoms with van der Waals surface area (Å²) in [6.45, 7) is 5.25. The van der Waals surface area contributed by atoms with Crippen LogP contribution in [0.2, 0.25) is 0 Å². The first-order valence-electron chi connectivity index (χ1n) is 6.59. The summed E-state index contributed by atoms with van der Waals surface area (Å²) in [5.74, 6) is 0.253. The number of hydrogen-bond acceptors (Lipinski definition) is 5. The van der Waals surface area contributed by atoms with Crippen LogP contribution in [0.15, 0.2) is 0 Å². The fraction of sp³-hybridized carbons (Fsp3) is 0.923. The number of nitrogens with two attached hydrogens (primary N) is 1.